The number of hydrogen-bond donors (Lipinski definition) is 1. The first kappa shape index (κ1) is 30.9. The predicted octanol–water partition coefficient (Wildman–Crippen LogP) is 9.39. The fraction of sp³-hybridized carbons (Fsp3) is 0.545. The number of anilines is 1. The highest BCUT2D eigenvalue weighted by atomic mass is 32.2. The maximum atomic E-state index is 13.2. The van der Waals surface area contributed by atoms with Crippen molar-refractivity contribution in [2.24, 2.45) is 0 Å². The Bertz CT molecular complexity index is 1040. The highest BCUT2D eigenvalue weighted by Crippen LogP contribution is 2.36. The lowest BCUT2D eigenvalue weighted by molar-refractivity contribution is 0.102. The zero-order valence-electron chi connectivity index (χ0n) is 24.3. The van der Waals surface area contributed by atoms with Crippen molar-refractivity contribution >= 4 is 23.4 Å². The van der Waals surface area contributed by atoms with Gasteiger partial charge in [0.15, 0.2) is 11.5 Å². The third kappa shape index (κ3) is 10.8. The number of thioether (sulfide) groups is 1. The molecule has 0 radical (unpaired) electrons. The Balaban J connectivity index is 1.43. The summed E-state index contributed by atoms with van der Waals surface area (Å²) in [5.74, 6) is 2.03. The average Bonchev–Trinajstić information content (AvgIpc) is 3.35. The third-order valence-corrected chi connectivity index (χ3v) is 8.21. The Morgan fingerprint density at radius 1 is 0.923 bits per heavy atom. The van der Waals surface area contributed by atoms with Gasteiger partial charge in [-0.05, 0) is 48.6 Å². The van der Waals surface area contributed by atoms with E-state index in [2.05, 4.69) is 35.5 Å². The minimum atomic E-state index is -0.150. The van der Waals surface area contributed by atoms with Crippen LogP contribution in [0.4, 0.5) is 5.69 Å². The maximum Gasteiger partial charge on any atom is 0.255 e. The molecule has 1 aliphatic heterocycles. The summed E-state index contributed by atoms with van der Waals surface area (Å²) in [6.45, 7) is 5.80. The van der Waals surface area contributed by atoms with E-state index in [9.17, 15) is 4.79 Å². The number of nitrogens with one attached hydrogen (secondary N) is 1. The highest BCUT2D eigenvalue weighted by Gasteiger charge is 2.16. The molecule has 0 saturated carbocycles. The smallest absolute Gasteiger partial charge is 0.255 e. The molecule has 0 fully saturated rings. The lowest BCUT2D eigenvalue weighted by atomic mass is 10.1. The molecule has 1 heterocycles. The first-order chi connectivity index (χ1) is 19.1. The molecular formula is C33H48N2O3S. The monoisotopic (exact) mass is 552 g/mol. The summed E-state index contributed by atoms with van der Waals surface area (Å²) in [5.41, 5.74) is 3.65. The van der Waals surface area contributed by atoms with Gasteiger partial charge in [-0.3, -0.25) is 4.79 Å². The first-order valence-electron chi connectivity index (χ1n) is 14.9. The van der Waals surface area contributed by atoms with Gasteiger partial charge in [-0.2, -0.15) is 0 Å². The van der Waals surface area contributed by atoms with Crippen LogP contribution in [0.3, 0.4) is 0 Å². The van der Waals surface area contributed by atoms with E-state index in [0.29, 0.717) is 29.4 Å². The van der Waals surface area contributed by atoms with Crippen LogP contribution in [0.1, 0.15) is 107 Å². The van der Waals surface area contributed by atoms with E-state index in [4.69, 9.17) is 9.47 Å². The van der Waals surface area contributed by atoms with Crippen LogP contribution < -0.4 is 14.8 Å². The summed E-state index contributed by atoms with van der Waals surface area (Å²) in [7, 11) is 1.63. The number of nitrogens with zero attached hydrogens (tertiary/aromatic N) is 1. The molecule has 0 saturated heterocycles. The lowest BCUT2D eigenvalue weighted by Crippen LogP contribution is -2.18. The molecule has 1 amide bonds. The molecule has 1 N–H and O–H groups in total. The Morgan fingerprint density at radius 3 is 2.23 bits per heavy atom. The second-order valence-electron chi connectivity index (χ2n) is 10.5. The molecule has 3 rings (SSSR count). The van der Waals surface area contributed by atoms with Crippen LogP contribution in [-0.2, 0) is 6.54 Å². The van der Waals surface area contributed by atoms with Crippen molar-refractivity contribution in [1.82, 2.24) is 4.90 Å². The van der Waals surface area contributed by atoms with Gasteiger partial charge in [0.1, 0.15) is 0 Å². The van der Waals surface area contributed by atoms with Gasteiger partial charge >= 0.3 is 0 Å². The molecule has 5 nitrogen and oxygen atoms in total. The number of amides is 1. The van der Waals surface area contributed by atoms with Crippen LogP contribution in [0.15, 0.2) is 53.6 Å². The standard InChI is InChI=1S/C33H48N2O3S/c1-4-5-6-7-8-9-10-11-12-13-14-15-22-38-32-30(20-17-21-31(32)37-3)34-33(36)29-19-16-18-28(23-29)24-35-26-39-25-27(35)2/h16-21,23,25H,4-15,22,24,26H2,1-3H3,(H,34,36). The number of unbranched alkanes of at least 4 members (excludes halogenated alkanes) is 11. The van der Waals surface area contributed by atoms with Crippen molar-refractivity contribution in [3.05, 3.63) is 64.7 Å². The Kier molecular flexibility index (Phi) is 14.2. The molecule has 0 aromatic heterocycles. The number of carbonyl (C=O) groups excluding carboxylic acids is 1. The molecule has 0 atom stereocenters. The van der Waals surface area contributed by atoms with Gasteiger partial charge < -0.3 is 19.7 Å². The molecule has 0 spiro atoms. The number of rotatable bonds is 19. The number of ether oxygens (including phenoxy) is 2. The lowest BCUT2D eigenvalue weighted by Gasteiger charge is -2.19. The first-order valence-corrected chi connectivity index (χ1v) is 15.9. The Hall–Kier alpha value is -2.60. The molecule has 2 aromatic carbocycles. The van der Waals surface area contributed by atoms with Crippen molar-refractivity contribution < 1.29 is 14.3 Å². The quantitative estimate of drug-likeness (QED) is 0.176. The maximum absolute atomic E-state index is 13.2. The molecular weight excluding hydrogens is 504 g/mol. The van der Waals surface area contributed by atoms with Gasteiger partial charge in [-0.1, -0.05) is 95.8 Å². The largest absolute Gasteiger partial charge is 0.493 e. The predicted molar refractivity (Wildman–Crippen MR) is 166 cm³/mol. The van der Waals surface area contributed by atoms with E-state index >= 15 is 0 Å². The van der Waals surface area contributed by atoms with E-state index in [1.54, 1.807) is 18.9 Å². The van der Waals surface area contributed by atoms with Crippen LogP contribution in [0.5, 0.6) is 11.5 Å². The Labute approximate surface area is 240 Å². The average molecular weight is 553 g/mol. The normalized spacial score (nSPS) is 12.9. The van der Waals surface area contributed by atoms with Gasteiger partial charge in [0.05, 0.1) is 25.3 Å². The second kappa shape index (κ2) is 17.9. The van der Waals surface area contributed by atoms with Crippen molar-refractivity contribution in [1.29, 1.82) is 0 Å². The number of hydrogen-bond acceptors (Lipinski definition) is 5. The number of methoxy groups -OCH3 is 1. The van der Waals surface area contributed by atoms with Crippen molar-refractivity contribution in [3.8, 4) is 11.5 Å². The summed E-state index contributed by atoms with van der Waals surface area (Å²) >= 11 is 1.80. The van der Waals surface area contributed by atoms with Gasteiger partial charge in [0.25, 0.3) is 5.91 Å². The minimum Gasteiger partial charge on any atom is -0.493 e. The van der Waals surface area contributed by atoms with E-state index in [1.165, 1.54) is 69.9 Å². The van der Waals surface area contributed by atoms with Crippen LogP contribution in [0, 0.1) is 0 Å². The van der Waals surface area contributed by atoms with Crippen molar-refractivity contribution in [2.75, 3.05) is 24.9 Å². The van der Waals surface area contributed by atoms with Crippen LogP contribution >= 0.6 is 11.8 Å². The molecule has 0 unspecified atom stereocenters. The Morgan fingerprint density at radius 2 is 1.59 bits per heavy atom. The van der Waals surface area contributed by atoms with E-state index in [0.717, 1.165) is 30.8 Å². The van der Waals surface area contributed by atoms with Crippen LogP contribution in [0.2, 0.25) is 0 Å². The van der Waals surface area contributed by atoms with Crippen molar-refractivity contribution in [3.63, 3.8) is 0 Å². The van der Waals surface area contributed by atoms with Gasteiger partial charge in [0.2, 0.25) is 0 Å². The summed E-state index contributed by atoms with van der Waals surface area (Å²) < 4.78 is 11.7. The number of benzene rings is 2. The summed E-state index contributed by atoms with van der Waals surface area (Å²) in [4.78, 5) is 15.5. The van der Waals surface area contributed by atoms with Gasteiger partial charge in [-0.15, -0.1) is 11.8 Å². The number of para-hydroxylation sites is 1. The minimum absolute atomic E-state index is 0.150. The third-order valence-electron chi connectivity index (χ3n) is 7.24. The molecule has 214 valence electrons. The summed E-state index contributed by atoms with van der Waals surface area (Å²) in [5, 5.41) is 5.23. The zero-order chi connectivity index (χ0) is 27.7. The fourth-order valence-corrected chi connectivity index (χ4v) is 5.80. The SMILES string of the molecule is CCCCCCCCCCCCCCOc1c(NC(=O)c2cccc(CN3CSC=C3C)c2)cccc1OC. The highest BCUT2D eigenvalue weighted by molar-refractivity contribution is 8.02. The molecule has 0 aliphatic carbocycles. The molecule has 39 heavy (non-hydrogen) atoms. The number of allylic oxidation sites excluding steroid dienone is 1. The van der Waals surface area contributed by atoms with E-state index in [1.807, 2.05) is 36.4 Å². The molecule has 6 heteroatoms. The molecule has 0 bridgehead atoms. The van der Waals surface area contributed by atoms with Gasteiger partial charge in [0, 0.05) is 17.8 Å². The fourth-order valence-electron chi connectivity index (χ4n) is 4.86. The van der Waals surface area contributed by atoms with E-state index < -0.39 is 0 Å². The van der Waals surface area contributed by atoms with Gasteiger partial charge in [-0.25, -0.2) is 0 Å². The molecule has 2 aromatic rings. The second-order valence-corrected chi connectivity index (χ2v) is 11.3. The van der Waals surface area contributed by atoms with Crippen LogP contribution in [-0.4, -0.2) is 30.4 Å². The zero-order valence-corrected chi connectivity index (χ0v) is 25.1. The topological polar surface area (TPSA) is 50.8 Å². The number of carbonyl (C=O) groups is 1. The van der Waals surface area contributed by atoms with Crippen LogP contribution in [0.25, 0.3) is 0 Å². The summed E-state index contributed by atoms with van der Waals surface area (Å²) in [6.07, 6.45) is 15.7. The molecule has 1 aliphatic rings. The van der Waals surface area contributed by atoms with E-state index in [-0.39, 0.29) is 5.91 Å². The summed E-state index contributed by atoms with van der Waals surface area (Å²) in [6, 6.07) is 13.5. The van der Waals surface area contributed by atoms with Crippen molar-refractivity contribution in [2.45, 2.75) is 97.4 Å².